The van der Waals surface area contributed by atoms with Crippen molar-refractivity contribution < 1.29 is 9.21 Å². The van der Waals surface area contributed by atoms with Crippen molar-refractivity contribution in [3.8, 4) is 0 Å². The summed E-state index contributed by atoms with van der Waals surface area (Å²) in [5, 5.41) is 8.05. The number of nitrogens with zero attached hydrogens (tertiary/aromatic N) is 5. The van der Waals surface area contributed by atoms with Crippen LogP contribution in [0, 0.1) is 13.8 Å². The van der Waals surface area contributed by atoms with Crippen LogP contribution in [-0.2, 0) is 13.6 Å². The molecule has 1 amide bonds. The van der Waals surface area contributed by atoms with Crippen LogP contribution in [0.15, 0.2) is 16.7 Å². The average Bonchev–Trinajstić information content (AvgIpc) is 3.04. The first-order valence-electron chi connectivity index (χ1n) is 7.47. The molecule has 0 bridgehead atoms. The highest BCUT2D eigenvalue weighted by atomic mass is 16.3. The molecule has 22 heavy (non-hydrogen) atoms. The van der Waals surface area contributed by atoms with Crippen molar-refractivity contribution in [3.05, 3.63) is 35.0 Å². The van der Waals surface area contributed by atoms with E-state index in [1.165, 1.54) is 0 Å². The third kappa shape index (κ3) is 3.04. The molecule has 0 radical (unpaired) electrons. The normalized spacial score (nSPS) is 16.2. The van der Waals surface area contributed by atoms with Crippen LogP contribution in [0.4, 0.5) is 0 Å². The molecule has 3 heterocycles. The van der Waals surface area contributed by atoms with Crippen LogP contribution in [0.2, 0.25) is 0 Å². The van der Waals surface area contributed by atoms with Crippen LogP contribution in [-0.4, -0.2) is 56.9 Å². The average molecular weight is 303 g/mol. The zero-order chi connectivity index (χ0) is 15.7. The van der Waals surface area contributed by atoms with Gasteiger partial charge in [0, 0.05) is 46.0 Å². The number of carbonyl (C=O) groups is 1. The fourth-order valence-corrected chi connectivity index (χ4v) is 2.82. The number of furan rings is 1. The van der Waals surface area contributed by atoms with Gasteiger partial charge in [0.15, 0.2) is 0 Å². The molecule has 7 nitrogen and oxygen atoms in total. The molecule has 0 aromatic carbocycles. The molecule has 0 N–H and O–H groups in total. The van der Waals surface area contributed by atoms with Crippen molar-refractivity contribution in [2.24, 2.45) is 7.05 Å². The number of carbonyl (C=O) groups excluding carboxylic acids is 1. The summed E-state index contributed by atoms with van der Waals surface area (Å²) in [5.41, 5.74) is 1.64. The minimum Gasteiger partial charge on any atom is -0.466 e. The lowest BCUT2D eigenvalue weighted by molar-refractivity contribution is 0.0625. The molecule has 1 aliphatic rings. The number of rotatable bonds is 3. The van der Waals surface area contributed by atoms with Gasteiger partial charge in [-0.2, -0.15) is 0 Å². The highest BCUT2D eigenvalue weighted by Crippen LogP contribution is 2.17. The molecule has 0 atom stereocenters. The second kappa shape index (κ2) is 5.92. The number of hydrogen-bond acceptors (Lipinski definition) is 5. The zero-order valence-electron chi connectivity index (χ0n) is 13.2. The number of piperazine rings is 1. The fraction of sp³-hybridized carbons (Fsp3) is 0.533. The number of aryl methyl sites for hydroxylation is 3. The van der Waals surface area contributed by atoms with Gasteiger partial charge < -0.3 is 9.32 Å². The Hall–Kier alpha value is -2.15. The van der Waals surface area contributed by atoms with E-state index in [2.05, 4.69) is 15.2 Å². The monoisotopic (exact) mass is 303 g/mol. The van der Waals surface area contributed by atoms with Gasteiger partial charge >= 0.3 is 0 Å². The summed E-state index contributed by atoms with van der Waals surface area (Å²) in [5.74, 6) is 1.54. The second-order valence-electron chi connectivity index (χ2n) is 5.78. The Morgan fingerprint density at radius 2 is 2.00 bits per heavy atom. The lowest BCUT2D eigenvalue weighted by atomic mass is 10.2. The summed E-state index contributed by atoms with van der Waals surface area (Å²) in [6.07, 6.45) is 1.93. The smallest absolute Gasteiger partial charge is 0.257 e. The molecule has 7 heteroatoms. The Morgan fingerprint density at radius 1 is 1.27 bits per heavy atom. The van der Waals surface area contributed by atoms with E-state index in [1.807, 2.05) is 38.1 Å². The van der Waals surface area contributed by atoms with Crippen molar-refractivity contribution in [3.63, 3.8) is 0 Å². The van der Waals surface area contributed by atoms with Crippen LogP contribution in [0.5, 0.6) is 0 Å². The lowest BCUT2D eigenvalue weighted by Gasteiger charge is -2.34. The van der Waals surface area contributed by atoms with Crippen molar-refractivity contribution in [2.75, 3.05) is 26.2 Å². The van der Waals surface area contributed by atoms with Crippen molar-refractivity contribution >= 4 is 5.91 Å². The van der Waals surface area contributed by atoms with E-state index in [9.17, 15) is 4.79 Å². The summed E-state index contributed by atoms with van der Waals surface area (Å²) < 4.78 is 7.16. The molecule has 1 fully saturated rings. The predicted molar refractivity (Wildman–Crippen MR) is 80.4 cm³/mol. The van der Waals surface area contributed by atoms with Gasteiger partial charge in [-0.25, -0.2) is 0 Å². The van der Waals surface area contributed by atoms with E-state index in [0.29, 0.717) is 11.3 Å². The molecular weight excluding hydrogens is 282 g/mol. The molecule has 1 saturated heterocycles. The van der Waals surface area contributed by atoms with E-state index < -0.39 is 0 Å². The maximum atomic E-state index is 12.5. The van der Waals surface area contributed by atoms with Crippen molar-refractivity contribution in [1.82, 2.24) is 24.8 Å². The Kier molecular flexibility index (Phi) is 3.98. The quantitative estimate of drug-likeness (QED) is 0.845. The van der Waals surface area contributed by atoms with E-state index in [1.54, 1.807) is 4.68 Å². The molecular formula is C15H21N5O2. The number of aromatic nitrogens is 3. The Bertz CT molecular complexity index is 667. The van der Waals surface area contributed by atoms with Crippen molar-refractivity contribution in [2.45, 2.75) is 20.4 Å². The van der Waals surface area contributed by atoms with Gasteiger partial charge in [0.1, 0.15) is 11.5 Å². The Morgan fingerprint density at radius 3 is 2.55 bits per heavy atom. The maximum Gasteiger partial charge on any atom is 0.257 e. The molecule has 3 rings (SSSR count). The molecule has 1 aliphatic heterocycles. The number of amides is 1. The summed E-state index contributed by atoms with van der Waals surface area (Å²) in [6, 6.07) is 1.82. The zero-order valence-corrected chi connectivity index (χ0v) is 13.2. The van der Waals surface area contributed by atoms with Crippen LogP contribution in [0.3, 0.4) is 0 Å². The highest BCUT2D eigenvalue weighted by Gasteiger charge is 2.25. The molecule has 0 aliphatic carbocycles. The van der Waals surface area contributed by atoms with Crippen LogP contribution in [0.25, 0.3) is 0 Å². The third-order valence-electron chi connectivity index (χ3n) is 3.97. The lowest BCUT2D eigenvalue weighted by Crippen LogP contribution is -2.48. The van der Waals surface area contributed by atoms with Gasteiger partial charge in [-0.3, -0.25) is 14.4 Å². The third-order valence-corrected chi connectivity index (χ3v) is 3.97. The summed E-state index contributed by atoms with van der Waals surface area (Å²) in [4.78, 5) is 16.7. The fourth-order valence-electron chi connectivity index (χ4n) is 2.82. The first-order chi connectivity index (χ1) is 10.5. The first-order valence-corrected chi connectivity index (χ1v) is 7.47. The van der Waals surface area contributed by atoms with Gasteiger partial charge in [-0.15, -0.1) is 5.10 Å². The second-order valence-corrected chi connectivity index (χ2v) is 5.78. The minimum atomic E-state index is 0.0634. The predicted octanol–water partition coefficient (Wildman–Crippen LogP) is 0.983. The van der Waals surface area contributed by atoms with E-state index in [0.717, 1.165) is 44.2 Å². The Balaban J connectivity index is 1.57. The standard InChI is InChI=1S/C15H21N5O2/c1-11-8-14(12(2)22-11)15(21)20-6-4-19(5-7-20)10-13-9-18(3)17-16-13/h8-9H,4-7,10H2,1-3H3. The number of hydrogen-bond donors (Lipinski definition) is 0. The summed E-state index contributed by atoms with van der Waals surface area (Å²) in [7, 11) is 1.86. The first kappa shape index (κ1) is 14.8. The van der Waals surface area contributed by atoms with E-state index >= 15 is 0 Å². The molecule has 0 spiro atoms. The molecule has 0 unspecified atom stereocenters. The molecule has 118 valence electrons. The summed E-state index contributed by atoms with van der Waals surface area (Å²) in [6.45, 7) is 7.62. The largest absolute Gasteiger partial charge is 0.466 e. The summed E-state index contributed by atoms with van der Waals surface area (Å²) >= 11 is 0. The van der Waals surface area contributed by atoms with Crippen LogP contribution in [0.1, 0.15) is 27.6 Å². The van der Waals surface area contributed by atoms with Crippen LogP contribution >= 0.6 is 0 Å². The van der Waals surface area contributed by atoms with Gasteiger partial charge in [-0.05, 0) is 19.9 Å². The topological polar surface area (TPSA) is 67.4 Å². The van der Waals surface area contributed by atoms with Gasteiger partial charge in [-0.1, -0.05) is 5.21 Å². The van der Waals surface area contributed by atoms with Gasteiger partial charge in [0.05, 0.1) is 11.3 Å². The van der Waals surface area contributed by atoms with E-state index in [4.69, 9.17) is 4.42 Å². The van der Waals surface area contributed by atoms with Crippen molar-refractivity contribution in [1.29, 1.82) is 0 Å². The molecule has 0 saturated carbocycles. The maximum absolute atomic E-state index is 12.5. The van der Waals surface area contributed by atoms with Gasteiger partial charge in [0.2, 0.25) is 0 Å². The highest BCUT2D eigenvalue weighted by molar-refractivity contribution is 5.95. The molecule has 2 aromatic rings. The SMILES string of the molecule is Cc1cc(C(=O)N2CCN(Cc3cn(C)nn3)CC2)c(C)o1. The van der Waals surface area contributed by atoms with Crippen LogP contribution < -0.4 is 0 Å². The van der Waals surface area contributed by atoms with E-state index in [-0.39, 0.29) is 5.91 Å². The van der Waals surface area contributed by atoms with Gasteiger partial charge in [0.25, 0.3) is 5.91 Å². The Labute approximate surface area is 129 Å². The minimum absolute atomic E-state index is 0.0634. The molecule has 2 aromatic heterocycles.